The molecule has 0 N–H and O–H groups in total. The van der Waals surface area contributed by atoms with Crippen LogP contribution < -0.4 is 10.4 Å². The molecule has 0 amide bonds. The number of likely N-dealkylation sites (tertiary alicyclic amines) is 1. The number of ether oxygens (including phenoxy) is 2. The van der Waals surface area contributed by atoms with Gasteiger partial charge in [0.05, 0.1) is 7.11 Å². The minimum Gasteiger partial charge on any atom is -0.497 e. The van der Waals surface area contributed by atoms with Crippen molar-refractivity contribution in [2.75, 3.05) is 27.2 Å². The van der Waals surface area contributed by atoms with E-state index in [0.29, 0.717) is 16.7 Å². The fraction of sp³-hybridized carbons (Fsp3) is 0.412. The van der Waals surface area contributed by atoms with E-state index in [1.807, 2.05) is 7.05 Å². The molecular formula is C17H19NO5. The van der Waals surface area contributed by atoms with Crippen molar-refractivity contribution in [1.29, 1.82) is 0 Å². The molecule has 23 heavy (non-hydrogen) atoms. The topological polar surface area (TPSA) is 69.0 Å². The predicted molar refractivity (Wildman–Crippen MR) is 85.0 cm³/mol. The second-order valence-corrected chi connectivity index (χ2v) is 5.76. The zero-order valence-electron chi connectivity index (χ0n) is 13.2. The molecule has 2 aromatic rings. The van der Waals surface area contributed by atoms with Gasteiger partial charge in [0.1, 0.15) is 23.0 Å². The lowest BCUT2D eigenvalue weighted by Crippen LogP contribution is -2.35. The van der Waals surface area contributed by atoms with Crippen LogP contribution in [0, 0.1) is 0 Å². The molecule has 0 unspecified atom stereocenters. The van der Waals surface area contributed by atoms with Gasteiger partial charge in [-0.1, -0.05) is 0 Å². The van der Waals surface area contributed by atoms with E-state index in [2.05, 4.69) is 4.90 Å². The van der Waals surface area contributed by atoms with Crippen molar-refractivity contribution in [3.05, 3.63) is 40.2 Å². The number of fused-ring (bicyclic) bond motifs is 1. The Labute approximate surface area is 133 Å². The Kier molecular flexibility index (Phi) is 4.34. The lowest BCUT2D eigenvalue weighted by molar-refractivity contribution is 0.0135. The summed E-state index contributed by atoms with van der Waals surface area (Å²) in [5.41, 5.74) is -0.350. The summed E-state index contributed by atoms with van der Waals surface area (Å²) in [6.45, 7) is 1.75. The van der Waals surface area contributed by atoms with Crippen LogP contribution in [0.25, 0.3) is 11.0 Å². The summed E-state index contributed by atoms with van der Waals surface area (Å²) in [5, 5.41) is 0.624. The highest BCUT2D eigenvalue weighted by molar-refractivity contribution is 5.93. The van der Waals surface area contributed by atoms with Gasteiger partial charge in [0.15, 0.2) is 0 Å². The zero-order chi connectivity index (χ0) is 16.4. The van der Waals surface area contributed by atoms with E-state index in [-0.39, 0.29) is 11.7 Å². The molecule has 6 heteroatoms. The van der Waals surface area contributed by atoms with E-state index in [1.54, 1.807) is 25.3 Å². The molecule has 6 nitrogen and oxygen atoms in total. The third kappa shape index (κ3) is 3.37. The molecule has 0 aliphatic carbocycles. The Balaban J connectivity index is 1.84. The van der Waals surface area contributed by atoms with Crippen molar-refractivity contribution in [2.45, 2.75) is 18.9 Å². The highest BCUT2D eigenvalue weighted by Crippen LogP contribution is 2.21. The molecule has 0 saturated carbocycles. The first-order chi connectivity index (χ1) is 11.1. The number of hydrogen-bond acceptors (Lipinski definition) is 6. The van der Waals surface area contributed by atoms with Crippen LogP contribution >= 0.6 is 0 Å². The minimum absolute atomic E-state index is 0.0790. The molecule has 2 heterocycles. The third-order valence-electron chi connectivity index (χ3n) is 4.10. The average molecular weight is 317 g/mol. The predicted octanol–water partition coefficient (Wildman–Crippen LogP) is 2.05. The molecule has 1 saturated heterocycles. The van der Waals surface area contributed by atoms with Crippen molar-refractivity contribution in [3.8, 4) is 5.75 Å². The monoisotopic (exact) mass is 317 g/mol. The van der Waals surface area contributed by atoms with Crippen LogP contribution in [0.3, 0.4) is 0 Å². The number of carbonyl (C=O) groups excluding carboxylic acids is 1. The molecule has 3 rings (SSSR count). The van der Waals surface area contributed by atoms with Gasteiger partial charge in [0.2, 0.25) is 0 Å². The molecule has 1 fully saturated rings. The number of benzene rings is 1. The second kappa shape index (κ2) is 6.42. The molecule has 0 radical (unpaired) electrons. The maximum Gasteiger partial charge on any atom is 0.351 e. The highest BCUT2D eigenvalue weighted by atomic mass is 16.5. The zero-order valence-corrected chi connectivity index (χ0v) is 13.2. The van der Waals surface area contributed by atoms with E-state index in [1.165, 1.54) is 6.07 Å². The molecule has 1 aromatic carbocycles. The number of rotatable bonds is 3. The van der Waals surface area contributed by atoms with Crippen LogP contribution in [0.2, 0.25) is 0 Å². The first kappa shape index (κ1) is 15.6. The molecule has 122 valence electrons. The van der Waals surface area contributed by atoms with Crippen molar-refractivity contribution in [1.82, 2.24) is 4.90 Å². The van der Waals surface area contributed by atoms with Crippen LogP contribution in [-0.4, -0.2) is 44.2 Å². The number of carbonyl (C=O) groups is 1. The molecule has 1 aliphatic rings. The Bertz CT molecular complexity index is 774. The smallest absolute Gasteiger partial charge is 0.351 e. The Hall–Kier alpha value is -2.34. The fourth-order valence-corrected chi connectivity index (χ4v) is 2.69. The number of piperidine rings is 1. The van der Waals surface area contributed by atoms with Gasteiger partial charge in [0, 0.05) is 18.5 Å². The largest absolute Gasteiger partial charge is 0.497 e. The van der Waals surface area contributed by atoms with Crippen LogP contribution in [0.1, 0.15) is 23.2 Å². The molecule has 0 bridgehead atoms. The second-order valence-electron chi connectivity index (χ2n) is 5.76. The van der Waals surface area contributed by atoms with E-state index in [9.17, 15) is 9.59 Å². The van der Waals surface area contributed by atoms with Crippen LogP contribution in [0.15, 0.2) is 33.5 Å². The SMILES string of the molecule is COc1ccc2oc(=O)c(C(=O)OC3CCN(C)CC3)cc2c1. The lowest BCUT2D eigenvalue weighted by atomic mass is 10.1. The summed E-state index contributed by atoms with van der Waals surface area (Å²) in [5.74, 6) is -0.000919. The first-order valence-corrected chi connectivity index (χ1v) is 7.58. The van der Waals surface area contributed by atoms with E-state index >= 15 is 0 Å². The Morgan fingerprint density at radius 2 is 2.00 bits per heavy atom. The number of esters is 1. The summed E-state index contributed by atoms with van der Waals surface area (Å²) in [6.07, 6.45) is 1.39. The molecule has 1 aromatic heterocycles. The average Bonchev–Trinajstić information content (AvgIpc) is 2.55. The van der Waals surface area contributed by atoms with Gasteiger partial charge in [-0.25, -0.2) is 9.59 Å². The number of hydrogen-bond donors (Lipinski definition) is 0. The number of methoxy groups -OCH3 is 1. The quantitative estimate of drug-likeness (QED) is 0.637. The van der Waals surface area contributed by atoms with Crippen molar-refractivity contribution in [2.24, 2.45) is 0 Å². The van der Waals surface area contributed by atoms with Crippen molar-refractivity contribution < 1.29 is 18.7 Å². The Morgan fingerprint density at radius 3 is 2.70 bits per heavy atom. The molecule has 0 spiro atoms. The van der Waals surface area contributed by atoms with Gasteiger partial charge < -0.3 is 18.8 Å². The van der Waals surface area contributed by atoms with Crippen LogP contribution in [0.4, 0.5) is 0 Å². The van der Waals surface area contributed by atoms with Gasteiger partial charge in [-0.2, -0.15) is 0 Å². The van der Waals surface area contributed by atoms with E-state index in [0.717, 1.165) is 25.9 Å². The summed E-state index contributed by atoms with van der Waals surface area (Å²) in [4.78, 5) is 26.5. The molecule has 1 aliphatic heterocycles. The number of nitrogens with zero attached hydrogens (tertiary/aromatic N) is 1. The summed E-state index contributed by atoms with van der Waals surface area (Å²) in [7, 11) is 3.58. The minimum atomic E-state index is -0.680. The van der Waals surface area contributed by atoms with Gasteiger partial charge in [-0.15, -0.1) is 0 Å². The maximum absolute atomic E-state index is 12.3. The normalized spacial score (nSPS) is 16.4. The maximum atomic E-state index is 12.3. The standard InChI is InChI=1S/C17H19NO5/c1-18-7-5-12(6-8-18)22-16(19)14-10-11-9-13(21-2)3-4-15(11)23-17(14)20/h3-4,9-10,12H,5-8H2,1-2H3. The lowest BCUT2D eigenvalue weighted by Gasteiger charge is -2.28. The fourth-order valence-electron chi connectivity index (χ4n) is 2.69. The van der Waals surface area contributed by atoms with Crippen LogP contribution in [-0.2, 0) is 4.74 Å². The summed E-state index contributed by atoms with van der Waals surface area (Å²) in [6, 6.07) is 6.55. The van der Waals surface area contributed by atoms with Gasteiger partial charge in [-0.3, -0.25) is 0 Å². The van der Waals surface area contributed by atoms with Gasteiger partial charge >= 0.3 is 11.6 Å². The van der Waals surface area contributed by atoms with Gasteiger partial charge in [0.25, 0.3) is 0 Å². The summed E-state index contributed by atoms with van der Waals surface area (Å²) < 4.78 is 15.8. The van der Waals surface area contributed by atoms with E-state index < -0.39 is 11.6 Å². The highest BCUT2D eigenvalue weighted by Gasteiger charge is 2.23. The van der Waals surface area contributed by atoms with Crippen LogP contribution in [0.5, 0.6) is 5.75 Å². The molecular weight excluding hydrogens is 298 g/mol. The van der Waals surface area contributed by atoms with E-state index in [4.69, 9.17) is 13.9 Å². The Morgan fingerprint density at radius 1 is 1.26 bits per heavy atom. The van der Waals surface area contributed by atoms with Gasteiger partial charge in [-0.05, 0) is 44.2 Å². The molecule has 0 atom stereocenters. The summed E-state index contributed by atoms with van der Waals surface area (Å²) >= 11 is 0. The third-order valence-corrected chi connectivity index (χ3v) is 4.10. The van der Waals surface area contributed by atoms with Crippen molar-refractivity contribution >= 4 is 16.9 Å². The first-order valence-electron chi connectivity index (χ1n) is 7.58. The van der Waals surface area contributed by atoms with Crippen molar-refractivity contribution in [3.63, 3.8) is 0 Å².